The molecule has 1 aromatic heterocycles. The summed E-state index contributed by atoms with van der Waals surface area (Å²) >= 11 is 0. The van der Waals surface area contributed by atoms with Gasteiger partial charge in [-0.2, -0.15) is 0 Å². The lowest BCUT2D eigenvalue weighted by atomic mass is 10.1. The molecule has 29 heavy (non-hydrogen) atoms. The Morgan fingerprint density at radius 2 is 1.79 bits per heavy atom. The molecule has 0 aliphatic carbocycles. The molecule has 0 radical (unpaired) electrons. The van der Waals surface area contributed by atoms with E-state index < -0.39 is 11.9 Å². The van der Waals surface area contributed by atoms with E-state index >= 15 is 0 Å². The van der Waals surface area contributed by atoms with Gasteiger partial charge in [-0.1, -0.05) is 30.3 Å². The van der Waals surface area contributed by atoms with Crippen molar-refractivity contribution in [2.45, 2.75) is 13.8 Å². The summed E-state index contributed by atoms with van der Waals surface area (Å²) in [4.78, 5) is 42.8. The van der Waals surface area contributed by atoms with Crippen LogP contribution in [0.3, 0.4) is 0 Å². The van der Waals surface area contributed by atoms with E-state index in [9.17, 15) is 14.4 Å². The molecule has 0 aliphatic rings. The topological polar surface area (TPSA) is 88.6 Å². The van der Waals surface area contributed by atoms with Crippen molar-refractivity contribution in [3.05, 3.63) is 66.4 Å². The Hall–Kier alpha value is -3.74. The smallest absolute Gasteiger partial charge is 0.340 e. The lowest BCUT2D eigenvalue weighted by molar-refractivity contribution is -0.120. The Morgan fingerprint density at radius 3 is 2.55 bits per heavy atom. The van der Waals surface area contributed by atoms with E-state index in [2.05, 4.69) is 10.3 Å². The second-order valence-corrected chi connectivity index (χ2v) is 6.27. The van der Waals surface area contributed by atoms with E-state index in [1.807, 2.05) is 24.3 Å². The van der Waals surface area contributed by atoms with Crippen LogP contribution in [0.15, 0.2) is 60.8 Å². The molecule has 0 spiro atoms. The monoisotopic (exact) mass is 391 g/mol. The van der Waals surface area contributed by atoms with Crippen LogP contribution in [0.5, 0.6) is 0 Å². The van der Waals surface area contributed by atoms with Gasteiger partial charge in [-0.3, -0.25) is 14.6 Å². The maximum Gasteiger partial charge on any atom is 0.340 e. The summed E-state index contributed by atoms with van der Waals surface area (Å²) in [7, 11) is 0. The van der Waals surface area contributed by atoms with Crippen LogP contribution in [-0.4, -0.2) is 35.9 Å². The molecule has 0 aliphatic heterocycles. The summed E-state index contributed by atoms with van der Waals surface area (Å²) in [5.74, 6) is -1.32. The van der Waals surface area contributed by atoms with Gasteiger partial charge in [0.1, 0.15) is 6.54 Å². The SMILES string of the molecule is CCOC(=O)c1ccccc1N(CC(=O)Nc1cccc2cccnc12)C(C)=O. The highest BCUT2D eigenvalue weighted by Crippen LogP contribution is 2.23. The van der Waals surface area contributed by atoms with Gasteiger partial charge in [-0.15, -0.1) is 0 Å². The second-order valence-electron chi connectivity index (χ2n) is 6.27. The number of ether oxygens (including phenoxy) is 1. The molecule has 2 amide bonds. The summed E-state index contributed by atoms with van der Waals surface area (Å²) in [6.07, 6.45) is 1.65. The Morgan fingerprint density at radius 1 is 1.03 bits per heavy atom. The Bertz CT molecular complexity index is 1060. The fourth-order valence-corrected chi connectivity index (χ4v) is 3.00. The number of hydrogen-bond acceptors (Lipinski definition) is 5. The maximum absolute atomic E-state index is 12.7. The zero-order chi connectivity index (χ0) is 20.8. The molecule has 0 fully saturated rings. The minimum Gasteiger partial charge on any atom is -0.462 e. The fraction of sp³-hybridized carbons (Fsp3) is 0.182. The van der Waals surface area contributed by atoms with E-state index in [0.717, 1.165) is 5.39 Å². The zero-order valence-corrected chi connectivity index (χ0v) is 16.2. The lowest BCUT2D eigenvalue weighted by Crippen LogP contribution is -2.37. The highest BCUT2D eigenvalue weighted by atomic mass is 16.5. The van der Waals surface area contributed by atoms with Crippen LogP contribution in [0.2, 0.25) is 0 Å². The summed E-state index contributed by atoms with van der Waals surface area (Å²) in [6.45, 7) is 3.00. The summed E-state index contributed by atoms with van der Waals surface area (Å²) < 4.78 is 5.06. The Balaban J connectivity index is 1.86. The van der Waals surface area contributed by atoms with E-state index in [-0.39, 0.29) is 24.6 Å². The van der Waals surface area contributed by atoms with Crippen LogP contribution in [0.1, 0.15) is 24.2 Å². The van der Waals surface area contributed by atoms with Crippen LogP contribution in [0.4, 0.5) is 11.4 Å². The van der Waals surface area contributed by atoms with Gasteiger partial charge in [-0.05, 0) is 31.2 Å². The molecule has 1 N–H and O–H groups in total. The number of aromatic nitrogens is 1. The number of nitrogens with one attached hydrogen (secondary N) is 1. The van der Waals surface area contributed by atoms with E-state index in [1.54, 1.807) is 43.5 Å². The summed E-state index contributed by atoms with van der Waals surface area (Å²) in [5.41, 5.74) is 1.76. The summed E-state index contributed by atoms with van der Waals surface area (Å²) in [5, 5.41) is 3.69. The number of para-hydroxylation sites is 2. The van der Waals surface area contributed by atoms with Gasteiger partial charge >= 0.3 is 5.97 Å². The highest BCUT2D eigenvalue weighted by Gasteiger charge is 2.22. The van der Waals surface area contributed by atoms with Gasteiger partial charge in [-0.25, -0.2) is 4.79 Å². The van der Waals surface area contributed by atoms with Crippen molar-refractivity contribution in [1.29, 1.82) is 0 Å². The normalized spacial score (nSPS) is 10.4. The van der Waals surface area contributed by atoms with E-state index in [0.29, 0.717) is 16.9 Å². The van der Waals surface area contributed by atoms with Crippen LogP contribution in [0, 0.1) is 0 Å². The predicted molar refractivity (Wildman–Crippen MR) is 111 cm³/mol. The highest BCUT2D eigenvalue weighted by molar-refractivity contribution is 6.08. The number of hydrogen-bond donors (Lipinski definition) is 1. The van der Waals surface area contributed by atoms with Crippen molar-refractivity contribution < 1.29 is 19.1 Å². The zero-order valence-electron chi connectivity index (χ0n) is 16.2. The first-order valence-electron chi connectivity index (χ1n) is 9.19. The molecule has 3 aromatic rings. The predicted octanol–water partition coefficient (Wildman–Crippen LogP) is 3.40. The van der Waals surface area contributed by atoms with Gasteiger partial charge in [0, 0.05) is 18.5 Å². The number of esters is 1. The van der Waals surface area contributed by atoms with E-state index in [1.165, 1.54) is 11.8 Å². The average Bonchev–Trinajstić information content (AvgIpc) is 2.72. The molecular weight excluding hydrogens is 370 g/mol. The molecule has 7 heteroatoms. The third kappa shape index (κ3) is 4.57. The van der Waals surface area contributed by atoms with Gasteiger partial charge in [0.2, 0.25) is 11.8 Å². The minimum atomic E-state index is -0.548. The number of anilines is 2. The van der Waals surface area contributed by atoms with Gasteiger partial charge in [0.05, 0.1) is 29.1 Å². The molecule has 148 valence electrons. The van der Waals surface area contributed by atoms with Gasteiger partial charge < -0.3 is 15.0 Å². The number of benzene rings is 2. The van der Waals surface area contributed by atoms with Crippen molar-refractivity contribution in [2.24, 2.45) is 0 Å². The number of amides is 2. The minimum absolute atomic E-state index is 0.210. The van der Waals surface area contributed by atoms with Crippen LogP contribution >= 0.6 is 0 Å². The number of nitrogens with zero attached hydrogens (tertiary/aromatic N) is 2. The first-order valence-corrected chi connectivity index (χ1v) is 9.19. The molecule has 0 saturated carbocycles. The van der Waals surface area contributed by atoms with Crippen molar-refractivity contribution in [2.75, 3.05) is 23.4 Å². The molecule has 0 unspecified atom stereocenters. The van der Waals surface area contributed by atoms with E-state index in [4.69, 9.17) is 4.74 Å². The molecule has 3 rings (SSSR count). The molecule has 0 atom stereocenters. The fourth-order valence-electron chi connectivity index (χ4n) is 3.00. The lowest BCUT2D eigenvalue weighted by Gasteiger charge is -2.23. The van der Waals surface area contributed by atoms with Crippen LogP contribution < -0.4 is 10.2 Å². The van der Waals surface area contributed by atoms with Crippen molar-refractivity contribution in [3.63, 3.8) is 0 Å². The third-order valence-corrected chi connectivity index (χ3v) is 4.28. The molecule has 7 nitrogen and oxygen atoms in total. The first-order chi connectivity index (χ1) is 14.0. The molecule has 0 saturated heterocycles. The van der Waals surface area contributed by atoms with Gasteiger partial charge in [0.15, 0.2) is 0 Å². The number of fused-ring (bicyclic) bond motifs is 1. The maximum atomic E-state index is 12.7. The number of pyridine rings is 1. The quantitative estimate of drug-likeness (QED) is 0.651. The summed E-state index contributed by atoms with van der Waals surface area (Å²) in [6, 6.07) is 15.7. The average molecular weight is 391 g/mol. The van der Waals surface area contributed by atoms with Crippen molar-refractivity contribution in [3.8, 4) is 0 Å². The molecule has 2 aromatic carbocycles. The Kier molecular flexibility index (Phi) is 6.19. The number of carbonyl (C=O) groups is 3. The molecule has 1 heterocycles. The largest absolute Gasteiger partial charge is 0.462 e. The third-order valence-electron chi connectivity index (χ3n) is 4.28. The van der Waals surface area contributed by atoms with Gasteiger partial charge in [0.25, 0.3) is 0 Å². The standard InChI is InChI=1S/C22H21N3O4/c1-3-29-22(28)17-10-4-5-12-19(17)25(15(2)26)14-20(27)24-18-11-6-8-16-9-7-13-23-21(16)18/h4-13H,3,14H2,1-2H3,(H,24,27). The second kappa shape index (κ2) is 8.97. The number of carbonyl (C=O) groups excluding carboxylic acids is 3. The van der Waals surface area contributed by atoms with Crippen molar-refractivity contribution in [1.82, 2.24) is 4.98 Å². The van der Waals surface area contributed by atoms with Crippen molar-refractivity contribution >= 4 is 40.1 Å². The first kappa shape index (κ1) is 20.0. The molecule has 0 bridgehead atoms. The van der Waals surface area contributed by atoms with Crippen LogP contribution in [0.25, 0.3) is 10.9 Å². The number of rotatable bonds is 6. The van der Waals surface area contributed by atoms with Crippen LogP contribution in [-0.2, 0) is 14.3 Å². The Labute approximate surface area is 168 Å². The molecular formula is C22H21N3O4.